The summed E-state index contributed by atoms with van der Waals surface area (Å²) < 4.78 is 42.3. The predicted molar refractivity (Wildman–Crippen MR) is 115 cm³/mol. The Morgan fingerprint density at radius 2 is 1.84 bits per heavy atom. The monoisotopic (exact) mass is 493 g/mol. The van der Waals surface area contributed by atoms with Gasteiger partial charge in [-0.15, -0.1) is 0 Å². The van der Waals surface area contributed by atoms with E-state index < -0.39 is 18.2 Å². The van der Waals surface area contributed by atoms with E-state index >= 15 is 0 Å². The van der Waals surface area contributed by atoms with Crippen LogP contribution in [0, 0.1) is 0 Å². The molecule has 1 aliphatic heterocycles. The van der Waals surface area contributed by atoms with Gasteiger partial charge in [-0.2, -0.15) is 13.2 Å². The van der Waals surface area contributed by atoms with E-state index in [0.29, 0.717) is 24.1 Å². The third-order valence-electron chi connectivity index (χ3n) is 4.63. The molecule has 31 heavy (non-hydrogen) atoms. The first-order valence-electron chi connectivity index (χ1n) is 9.19. The topological polar surface area (TPSA) is 62.7 Å². The quantitative estimate of drug-likeness (QED) is 0.452. The maximum atomic E-state index is 14.1. The van der Waals surface area contributed by atoms with Crippen molar-refractivity contribution in [3.05, 3.63) is 62.6 Å². The van der Waals surface area contributed by atoms with E-state index in [-0.39, 0.29) is 32.3 Å². The van der Waals surface area contributed by atoms with Crippen LogP contribution in [0.2, 0.25) is 15.1 Å². The van der Waals surface area contributed by atoms with E-state index in [1.807, 2.05) is 6.92 Å². The first-order valence-corrected chi connectivity index (χ1v) is 10.3. The maximum Gasteiger partial charge on any atom is 0.435 e. The maximum absolute atomic E-state index is 14.1. The van der Waals surface area contributed by atoms with Crippen molar-refractivity contribution in [2.24, 2.45) is 5.16 Å². The van der Waals surface area contributed by atoms with E-state index in [2.05, 4.69) is 16.0 Å². The summed E-state index contributed by atoms with van der Waals surface area (Å²) in [4.78, 5) is 16.7. The lowest BCUT2D eigenvalue weighted by Gasteiger charge is -2.29. The number of halogens is 6. The second-order valence-electron chi connectivity index (χ2n) is 6.91. The number of nitrogens with one attached hydrogen (secondary N) is 2. The average Bonchev–Trinajstić information content (AvgIpc) is 3.14. The number of carbonyl (C=O) groups excluding carboxylic acids is 1. The van der Waals surface area contributed by atoms with Gasteiger partial charge in [0.1, 0.15) is 0 Å². The zero-order valence-electron chi connectivity index (χ0n) is 16.1. The molecular weight excluding hydrogens is 478 g/mol. The molecule has 0 spiro atoms. The number of hydrogen-bond donors (Lipinski definition) is 2. The SMILES string of the molecule is CCCC(=O)NNc1cc(C2=NOC(c3cc(Cl)cc(Cl)c3)(C(F)(F)F)C2)ccc1Cl. The van der Waals surface area contributed by atoms with Crippen LogP contribution in [0.4, 0.5) is 18.9 Å². The Kier molecular flexibility index (Phi) is 6.93. The van der Waals surface area contributed by atoms with E-state index in [1.165, 1.54) is 24.3 Å². The lowest BCUT2D eigenvalue weighted by atomic mass is 9.86. The van der Waals surface area contributed by atoms with Gasteiger partial charge in [-0.1, -0.05) is 52.9 Å². The molecule has 0 fully saturated rings. The Labute approximate surface area is 191 Å². The first-order chi connectivity index (χ1) is 14.6. The molecule has 0 saturated heterocycles. The third-order valence-corrected chi connectivity index (χ3v) is 5.39. The minimum Gasteiger partial charge on any atom is -0.374 e. The van der Waals surface area contributed by atoms with Gasteiger partial charge < -0.3 is 4.84 Å². The van der Waals surface area contributed by atoms with Crippen molar-refractivity contribution in [2.75, 3.05) is 5.43 Å². The molecule has 5 nitrogen and oxygen atoms in total. The van der Waals surface area contributed by atoms with Gasteiger partial charge in [0.15, 0.2) is 0 Å². The van der Waals surface area contributed by atoms with Crippen LogP contribution in [-0.4, -0.2) is 17.8 Å². The largest absolute Gasteiger partial charge is 0.435 e. The number of hydrogen-bond acceptors (Lipinski definition) is 4. The highest BCUT2D eigenvalue weighted by Gasteiger charge is 2.62. The van der Waals surface area contributed by atoms with Crippen molar-refractivity contribution in [3.8, 4) is 0 Å². The van der Waals surface area contributed by atoms with Crippen LogP contribution < -0.4 is 10.9 Å². The minimum atomic E-state index is -4.80. The molecule has 2 N–H and O–H groups in total. The molecule has 1 aliphatic rings. The average molecular weight is 495 g/mol. The Hall–Kier alpha value is -2.16. The summed E-state index contributed by atoms with van der Waals surface area (Å²) in [5.41, 5.74) is 2.87. The third kappa shape index (κ3) is 5.02. The minimum absolute atomic E-state index is 0.0453. The number of rotatable bonds is 6. The van der Waals surface area contributed by atoms with Gasteiger partial charge in [-0.05, 0) is 36.8 Å². The number of anilines is 1. The van der Waals surface area contributed by atoms with Crippen molar-refractivity contribution in [1.29, 1.82) is 0 Å². The summed E-state index contributed by atoms with van der Waals surface area (Å²) in [6.07, 6.45) is -4.44. The smallest absolute Gasteiger partial charge is 0.374 e. The van der Waals surface area contributed by atoms with Crippen LogP contribution >= 0.6 is 34.8 Å². The molecular formula is C20H17Cl3F3N3O2. The van der Waals surface area contributed by atoms with E-state index in [4.69, 9.17) is 39.6 Å². The fourth-order valence-electron chi connectivity index (χ4n) is 3.07. The standard InChI is InChI=1S/C20H17Cl3F3N3O2/c1-2-3-18(30)28-27-16-6-11(4-5-15(16)23)17-10-19(31-29-17,20(24,25)26)12-7-13(21)9-14(22)8-12/h4-9,27H,2-3,10H2,1H3,(H,28,30). The van der Waals surface area contributed by atoms with Crippen LogP contribution in [0.1, 0.15) is 37.3 Å². The number of oxime groups is 1. The molecule has 2 aromatic carbocycles. The molecule has 0 bridgehead atoms. The molecule has 0 radical (unpaired) electrons. The summed E-state index contributed by atoms with van der Waals surface area (Å²) in [6, 6.07) is 8.11. The molecule has 1 atom stereocenters. The Bertz CT molecular complexity index is 1010. The second kappa shape index (κ2) is 9.14. The number of hydrazine groups is 1. The van der Waals surface area contributed by atoms with Crippen LogP contribution in [0.5, 0.6) is 0 Å². The van der Waals surface area contributed by atoms with Crippen molar-refractivity contribution in [2.45, 2.75) is 38.0 Å². The number of amides is 1. The van der Waals surface area contributed by atoms with Crippen LogP contribution in [0.3, 0.4) is 0 Å². The predicted octanol–water partition coefficient (Wildman–Crippen LogP) is 6.47. The van der Waals surface area contributed by atoms with Crippen molar-refractivity contribution in [3.63, 3.8) is 0 Å². The first kappa shape index (κ1) is 23.5. The second-order valence-corrected chi connectivity index (χ2v) is 8.19. The molecule has 1 amide bonds. The van der Waals surface area contributed by atoms with Gasteiger partial charge in [-0.3, -0.25) is 15.6 Å². The molecule has 0 saturated carbocycles. The summed E-state index contributed by atoms with van der Waals surface area (Å²) in [5.74, 6) is -0.251. The highest BCUT2D eigenvalue weighted by Crippen LogP contribution is 2.49. The van der Waals surface area contributed by atoms with Gasteiger partial charge in [0.25, 0.3) is 5.60 Å². The molecule has 0 aromatic heterocycles. The molecule has 0 aliphatic carbocycles. The molecule has 11 heteroatoms. The lowest BCUT2D eigenvalue weighted by Crippen LogP contribution is -2.42. The van der Waals surface area contributed by atoms with Gasteiger partial charge in [0, 0.05) is 34.0 Å². The van der Waals surface area contributed by atoms with Gasteiger partial charge in [0.05, 0.1) is 16.4 Å². The number of nitrogens with zero attached hydrogens (tertiary/aromatic N) is 1. The number of carbonyl (C=O) groups is 1. The molecule has 1 heterocycles. The van der Waals surface area contributed by atoms with Crippen LogP contribution in [0.15, 0.2) is 41.6 Å². The highest BCUT2D eigenvalue weighted by molar-refractivity contribution is 6.34. The number of benzene rings is 2. The number of alkyl halides is 3. The van der Waals surface area contributed by atoms with Crippen molar-refractivity contribution in [1.82, 2.24) is 5.43 Å². The Morgan fingerprint density at radius 3 is 2.45 bits per heavy atom. The van der Waals surface area contributed by atoms with Crippen molar-refractivity contribution < 1.29 is 22.8 Å². The molecule has 2 aromatic rings. The van der Waals surface area contributed by atoms with E-state index in [1.54, 1.807) is 0 Å². The molecule has 1 unspecified atom stereocenters. The summed E-state index contributed by atoms with van der Waals surface area (Å²) in [5, 5.41) is 4.07. The summed E-state index contributed by atoms with van der Waals surface area (Å²) >= 11 is 18.0. The van der Waals surface area contributed by atoms with Crippen molar-refractivity contribution >= 4 is 52.1 Å². The normalized spacial score (nSPS) is 18.4. The Balaban J connectivity index is 1.90. The van der Waals surface area contributed by atoms with Gasteiger partial charge in [-0.25, -0.2) is 0 Å². The van der Waals surface area contributed by atoms with E-state index in [9.17, 15) is 18.0 Å². The highest BCUT2D eigenvalue weighted by atomic mass is 35.5. The lowest BCUT2D eigenvalue weighted by molar-refractivity contribution is -0.275. The summed E-state index contributed by atoms with van der Waals surface area (Å²) in [7, 11) is 0. The fourth-order valence-corrected chi connectivity index (χ4v) is 3.76. The zero-order chi connectivity index (χ0) is 22.8. The van der Waals surface area contributed by atoms with E-state index in [0.717, 1.165) is 12.1 Å². The zero-order valence-corrected chi connectivity index (χ0v) is 18.4. The van der Waals surface area contributed by atoms with Gasteiger partial charge in [0.2, 0.25) is 5.91 Å². The molecule has 3 rings (SSSR count). The Morgan fingerprint density at radius 1 is 1.16 bits per heavy atom. The summed E-state index contributed by atoms with van der Waals surface area (Å²) in [6.45, 7) is 1.85. The van der Waals surface area contributed by atoms with Gasteiger partial charge >= 0.3 is 6.18 Å². The molecule has 166 valence electrons. The van der Waals surface area contributed by atoms with Crippen LogP contribution in [-0.2, 0) is 15.2 Å². The fraction of sp³-hybridized carbons (Fsp3) is 0.300. The van der Waals surface area contributed by atoms with Crippen LogP contribution in [0.25, 0.3) is 0 Å².